The number of hydrogen-bond donors (Lipinski definition) is 0. The zero-order chi connectivity index (χ0) is 33.0. The summed E-state index contributed by atoms with van der Waals surface area (Å²) in [6, 6.07) is 18.9. The Hall–Kier alpha value is -4.71. The first-order valence-corrected chi connectivity index (χ1v) is 15.6. The van der Waals surface area contributed by atoms with Gasteiger partial charge in [-0.1, -0.05) is 81.1 Å². The molecule has 4 aromatic rings. The summed E-state index contributed by atoms with van der Waals surface area (Å²) in [5, 5.41) is 4.84. The van der Waals surface area contributed by atoms with Gasteiger partial charge in [0.2, 0.25) is 11.8 Å². The fourth-order valence-electron chi connectivity index (χ4n) is 4.85. The van der Waals surface area contributed by atoms with E-state index in [1.54, 1.807) is 4.90 Å². The first-order valence-electron chi connectivity index (χ1n) is 14.6. The summed E-state index contributed by atoms with van der Waals surface area (Å²) in [4.78, 5) is 36.0. The Labute approximate surface area is 269 Å². The van der Waals surface area contributed by atoms with Crippen molar-refractivity contribution < 1.29 is 27.5 Å². The lowest BCUT2D eigenvalue weighted by Gasteiger charge is -2.22. The van der Waals surface area contributed by atoms with Crippen LogP contribution in [0.2, 0.25) is 0 Å². The molecule has 0 aliphatic carbocycles. The molecule has 0 spiro atoms. The zero-order valence-corrected chi connectivity index (χ0v) is 26.5. The standard InChI is InChI=1S/C34H32F3N5O3S/c1-21(2)28-16-6-22(3)17-29(28)42-31(44)19-46-33(42)39-30(43)18-23(4)5-7-24-8-10-25(11-9-24)32-38-20-41(40-32)26-12-14-27(15-13-26)45-34(35,36)37/h5-17,20-21,23H,18-19H2,1-4H3/b7-5-,39-33?. The molecule has 12 heteroatoms. The predicted molar refractivity (Wildman–Crippen MR) is 174 cm³/mol. The molecule has 0 radical (unpaired) electrons. The molecule has 1 fully saturated rings. The van der Waals surface area contributed by atoms with Gasteiger partial charge < -0.3 is 4.74 Å². The third kappa shape index (κ3) is 8.11. The molecule has 0 saturated carbocycles. The van der Waals surface area contributed by atoms with E-state index in [4.69, 9.17) is 0 Å². The van der Waals surface area contributed by atoms with E-state index in [1.165, 1.54) is 47.0 Å². The van der Waals surface area contributed by atoms with Crippen molar-refractivity contribution in [3.05, 3.63) is 95.8 Å². The maximum absolute atomic E-state index is 12.9. The van der Waals surface area contributed by atoms with Crippen LogP contribution in [0.25, 0.3) is 23.2 Å². The van der Waals surface area contributed by atoms with Gasteiger partial charge in [0.05, 0.1) is 17.1 Å². The molecule has 3 aromatic carbocycles. The lowest BCUT2D eigenvalue weighted by molar-refractivity contribution is -0.274. The summed E-state index contributed by atoms with van der Waals surface area (Å²) in [6.07, 6.45) is 0.777. The number of aliphatic imine (C=N–C) groups is 1. The highest BCUT2D eigenvalue weighted by Crippen LogP contribution is 2.34. The monoisotopic (exact) mass is 647 g/mol. The quantitative estimate of drug-likeness (QED) is 0.183. The number of aryl methyl sites for hydroxylation is 1. The van der Waals surface area contributed by atoms with E-state index in [0.29, 0.717) is 16.7 Å². The van der Waals surface area contributed by atoms with E-state index in [9.17, 15) is 22.8 Å². The van der Waals surface area contributed by atoms with Crippen molar-refractivity contribution in [3.63, 3.8) is 0 Å². The first-order chi connectivity index (χ1) is 21.9. The van der Waals surface area contributed by atoms with E-state index in [2.05, 4.69) is 33.7 Å². The number of alkyl halides is 3. The molecular formula is C34H32F3N5O3S. The Kier molecular flexibility index (Phi) is 9.76. The lowest BCUT2D eigenvalue weighted by Crippen LogP contribution is -2.31. The minimum Gasteiger partial charge on any atom is -0.406 e. The average Bonchev–Trinajstić information content (AvgIpc) is 3.63. The fraction of sp³-hybridized carbons (Fsp3) is 0.265. The molecule has 8 nitrogen and oxygen atoms in total. The Bertz CT molecular complexity index is 1780. The highest BCUT2D eigenvalue weighted by molar-refractivity contribution is 8.15. The van der Waals surface area contributed by atoms with Crippen molar-refractivity contribution in [2.45, 2.75) is 46.4 Å². The van der Waals surface area contributed by atoms with Gasteiger partial charge in [0, 0.05) is 12.0 Å². The second kappa shape index (κ2) is 13.7. The minimum absolute atomic E-state index is 0.0870. The Morgan fingerprint density at radius 2 is 1.78 bits per heavy atom. The predicted octanol–water partition coefficient (Wildman–Crippen LogP) is 7.97. The van der Waals surface area contributed by atoms with Gasteiger partial charge in [-0.2, -0.15) is 4.99 Å². The van der Waals surface area contributed by atoms with E-state index < -0.39 is 6.36 Å². The third-order valence-corrected chi connectivity index (χ3v) is 8.07. The number of rotatable bonds is 9. The van der Waals surface area contributed by atoms with E-state index in [1.807, 2.05) is 68.5 Å². The molecule has 1 aliphatic rings. The molecule has 2 heterocycles. The van der Waals surface area contributed by atoms with Gasteiger partial charge in [0.15, 0.2) is 11.0 Å². The van der Waals surface area contributed by atoms with Gasteiger partial charge in [-0.05, 0) is 65.8 Å². The zero-order valence-electron chi connectivity index (χ0n) is 25.7. The van der Waals surface area contributed by atoms with Crippen LogP contribution >= 0.6 is 11.8 Å². The number of anilines is 1. The smallest absolute Gasteiger partial charge is 0.406 e. The van der Waals surface area contributed by atoms with Crippen LogP contribution in [0.15, 0.2) is 84.1 Å². The van der Waals surface area contributed by atoms with E-state index in [0.717, 1.165) is 27.9 Å². The number of allylic oxidation sites excluding steroid dienone is 1. The normalized spacial score (nSPS) is 15.3. The molecule has 1 unspecified atom stereocenters. The van der Waals surface area contributed by atoms with Gasteiger partial charge in [0.1, 0.15) is 12.1 Å². The Balaban J connectivity index is 1.20. The van der Waals surface area contributed by atoms with Gasteiger partial charge in [-0.3, -0.25) is 14.5 Å². The van der Waals surface area contributed by atoms with Crippen LogP contribution in [-0.4, -0.2) is 43.9 Å². The molecule has 0 N–H and O–H groups in total. The maximum atomic E-state index is 12.9. The number of ether oxygens (including phenoxy) is 1. The van der Waals surface area contributed by atoms with Crippen LogP contribution in [0.3, 0.4) is 0 Å². The van der Waals surface area contributed by atoms with Crippen LogP contribution in [-0.2, 0) is 9.59 Å². The first kappa shape index (κ1) is 32.7. The number of carbonyl (C=O) groups excluding carboxylic acids is 2. The van der Waals surface area contributed by atoms with Gasteiger partial charge >= 0.3 is 6.36 Å². The third-order valence-electron chi connectivity index (χ3n) is 7.14. The van der Waals surface area contributed by atoms with Gasteiger partial charge in [-0.15, -0.1) is 18.3 Å². The molecular weight excluding hydrogens is 615 g/mol. The summed E-state index contributed by atoms with van der Waals surface area (Å²) in [5.74, 6) is 0.104. The number of hydrogen-bond acceptors (Lipinski definition) is 6. The van der Waals surface area contributed by atoms with Gasteiger partial charge in [-0.25, -0.2) is 9.67 Å². The van der Waals surface area contributed by atoms with Crippen molar-refractivity contribution in [2.75, 3.05) is 10.7 Å². The second-order valence-electron chi connectivity index (χ2n) is 11.2. The molecule has 1 aromatic heterocycles. The molecule has 46 heavy (non-hydrogen) atoms. The number of amidine groups is 1. The molecule has 2 amide bonds. The van der Waals surface area contributed by atoms with Crippen molar-refractivity contribution >= 4 is 40.5 Å². The summed E-state index contributed by atoms with van der Waals surface area (Å²) in [7, 11) is 0. The van der Waals surface area contributed by atoms with Crippen LogP contribution in [0.1, 0.15) is 49.8 Å². The second-order valence-corrected chi connectivity index (χ2v) is 12.2. The summed E-state index contributed by atoms with van der Waals surface area (Å²) in [5.41, 5.74) is 5.04. The number of amides is 2. The number of nitrogens with zero attached hydrogens (tertiary/aromatic N) is 5. The molecule has 0 bridgehead atoms. The van der Waals surface area contributed by atoms with Crippen LogP contribution in [0, 0.1) is 12.8 Å². The van der Waals surface area contributed by atoms with Crippen molar-refractivity contribution in [1.29, 1.82) is 0 Å². The average molecular weight is 648 g/mol. The van der Waals surface area contributed by atoms with Crippen LogP contribution in [0.5, 0.6) is 5.75 Å². The topological polar surface area (TPSA) is 89.7 Å². The number of thioether (sulfide) groups is 1. The number of aromatic nitrogens is 3. The summed E-state index contributed by atoms with van der Waals surface area (Å²) < 4.78 is 42.6. The minimum atomic E-state index is -4.76. The van der Waals surface area contributed by atoms with Crippen molar-refractivity contribution in [2.24, 2.45) is 10.9 Å². The molecule has 1 saturated heterocycles. The summed E-state index contributed by atoms with van der Waals surface area (Å²) >= 11 is 1.28. The van der Waals surface area contributed by atoms with Crippen molar-refractivity contribution in [3.8, 4) is 22.8 Å². The Morgan fingerprint density at radius 3 is 2.46 bits per heavy atom. The van der Waals surface area contributed by atoms with E-state index >= 15 is 0 Å². The lowest BCUT2D eigenvalue weighted by atomic mass is 9.99. The fourth-order valence-corrected chi connectivity index (χ4v) is 5.73. The SMILES string of the molecule is Cc1ccc(C(C)C)c(N2C(=O)CSC2=NC(=O)CC(C)/C=C\c2ccc(-c3ncn(-c4ccc(OC(F)(F)F)cc4)n3)cc2)c1. The number of benzene rings is 3. The van der Waals surface area contributed by atoms with Crippen molar-refractivity contribution in [1.82, 2.24) is 14.8 Å². The number of carbonyl (C=O) groups is 2. The molecule has 1 aliphatic heterocycles. The highest BCUT2D eigenvalue weighted by Gasteiger charge is 2.33. The molecule has 1 atom stereocenters. The summed E-state index contributed by atoms with van der Waals surface area (Å²) in [6.45, 7) is 8.05. The van der Waals surface area contributed by atoms with E-state index in [-0.39, 0.29) is 41.6 Å². The molecule has 5 rings (SSSR count). The number of halogens is 3. The Morgan fingerprint density at radius 1 is 1.07 bits per heavy atom. The highest BCUT2D eigenvalue weighted by atomic mass is 32.2. The van der Waals surface area contributed by atoms with Crippen LogP contribution in [0.4, 0.5) is 18.9 Å². The van der Waals surface area contributed by atoms with Gasteiger partial charge in [0.25, 0.3) is 0 Å². The maximum Gasteiger partial charge on any atom is 0.573 e. The molecule has 238 valence electrons. The van der Waals surface area contributed by atoms with Crippen LogP contribution < -0.4 is 9.64 Å². The largest absolute Gasteiger partial charge is 0.573 e.